The van der Waals surface area contributed by atoms with Crippen molar-refractivity contribution in [3.63, 3.8) is 0 Å². The lowest BCUT2D eigenvalue weighted by atomic mass is 10.0. The van der Waals surface area contributed by atoms with Crippen LogP contribution in [-0.2, 0) is 11.2 Å². The van der Waals surface area contributed by atoms with Gasteiger partial charge < -0.3 is 15.3 Å². The highest BCUT2D eigenvalue weighted by atomic mass is 16.4. The second-order valence-electron chi connectivity index (χ2n) is 4.93. The Kier molecular flexibility index (Phi) is 6.18. The summed E-state index contributed by atoms with van der Waals surface area (Å²) in [5.41, 5.74) is 1.05. The Hall–Kier alpha value is -1.88. The normalized spacial score (nSPS) is 11.9. The van der Waals surface area contributed by atoms with Gasteiger partial charge in [0.15, 0.2) is 0 Å². The van der Waals surface area contributed by atoms with Gasteiger partial charge in [0.1, 0.15) is 0 Å². The van der Waals surface area contributed by atoms with Crippen molar-refractivity contribution in [3.8, 4) is 0 Å². The molecule has 0 saturated heterocycles. The fourth-order valence-electron chi connectivity index (χ4n) is 2.12. The lowest BCUT2D eigenvalue weighted by molar-refractivity contribution is -0.133. The van der Waals surface area contributed by atoms with Gasteiger partial charge in [-0.05, 0) is 25.1 Å². The fourth-order valence-corrected chi connectivity index (χ4v) is 2.12. The molecule has 0 spiro atoms. The van der Waals surface area contributed by atoms with Crippen LogP contribution < -0.4 is 5.32 Å². The van der Waals surface area contributed by atoms with Crippen LogP contribution in [0.15, 0.2) is 24.3 Å². The Morgan fingerprint density at radius 2 is 2.00 bits per heavy atom. The van der Waals surface area contributed by atoms with Gasteiger partial charge >= 0.3 is 5.97 Å². The van der Waals surface area contributed by atoms with Crippen molar-refractivity contribution in [3.05, 3.63) is 35.4 Å². The van der Waals surface area contributed by atoms with E-state index in [4.69, 9.17) is 5.11 Å². The van der Waals surface area contributed by atoms with Gasteiger partial charge in [-0.2, -0.15) is 0 Å². The zero-order chi connectivity index (χ0) is 15.1. The monoisotopic (exact) mass is 278 g/mol. The van der Waals surface area contributed by atoms with E-state index in [1.54, 1.807) is 30.1 Å². The first-order valence-corrected chi connectivity index (χ1v) is 6.68. The summed E-state index contributed by atoms with van der Waals surface area (Å²) in [6.45, 7) is 3.02. The number of rotatable bonds is 7. The van der Waals surface area contributed by atoms with E-state index in [2.05, 4.69) is 5.32 Å². The highest BCUT2D eigenvalue weighted by Gasteiger charge is 2.17. The third-order valence-corrected chi connectivity index (χ3v) is 3.27. The summed E-state index contributed by atoms with van der Waals surface area (Å²) in [4.78, 5) is 24.8. The summed E-state index contributed by atoms with van der Waals surface area (Å²) in [5.74, 6) is -0.954. The number of carboxylic acids is 1. The standard InChI is InChI=1S/C15H22N2O3/c1-11(10-16-2)14(18)17(3)9-8-12-6-4-5-7-13(12)15(19)20/h4-7,11,16H,8-10H2,1-3H3,(H,19,20). The number of carbonyl (C=O) groups excluding carboxylic acids is 1. The van der Waals surface area contributed by atoms with Crippen molar-refractivity contribution in [2.75, 3.05) is 27.2 Å². The fraction of sp³-hybridized carbons (Fsp3) is 0.467. The maximum atomic E-state index is 12.0. The van der Waals surface area contributed by atoms with Gasteiger partial charge in [0.25, 0.3) is 0 Å². The molecule has 0 aromatic heterocycles. The van der Waals surface area contributed by atoms with Crippen LogP contribution in [0, 0.1) is 5.92 Å². The SMILES string of the molecule is CNCC(C)C(=O)N(C)CCc1ccccc1C(=O)O. The summed E-state index contributed by atoms with van der Waals surface area (Å²) in [6.07, 6.45) is 0.539. The topological polar surface area (TPSA) is 69.6 Å². The molecule has 0 heterocycles. The minimum Gasteiger partial charge on any atom is -0.478 e. The van der Waals surface area contributed by atoms with E-state index in [-0.39, 0.29) is 11.8 Å². The van der Waals surface area contributed by atoms with Crippen LogP contribution >= 0.6 is 0 Å². The summed E-state index contributed by atoms with van der Waals surface area (Å²) in [7, 11) is 3.56. The summed E-state index contributed by atoms with van der Waals surface area (Å²) in [6, 6.07) is 6.89. The summed E-state index contributed by atoms with van der Waals surface area (Å²) < 4.78 is 0. The van der Waals surface area contributed by atoms with E-state index in [0.29, 0.717) is 25.1 Å². The van der Waals surface area contributed by atoms with Gasteiger partial charge in [0, 0.05) is 26.1 Å². The smallest absolute Gasteiger partial charge is 0.335 e. The molecule has 5 heteroatoms. The van der Waals surface area contributed by atoms with Crippen LogP contribution in [0.4, 0.5) is 0 Å². The van der Waals surface area contributed by atoms with Crippen LogP contribution in [0.1, 0.15) is 22.8 Å². The van der Waals surface area contributed by atoms with Crippen LogP contribution in [0.3, 0.4) is 0 Å². The van der Waals surface area contributed by atoms with E-state index in [1.807, 2.05) is 20.0 Å². The molecule has 110 valence electrons. The van der Waals surface area contributed by atoms with Gasteiger partial charge in [0.2, 0.25) is 5.91 Å². The molecule has 1 aromatic carbocycles. The Morgan fingerprint density at radius 3 is 2.60 bits per heavy atom. The first-order chi connectivity index (χ1) is 9.47. The number of carbonyl (C=O) groups is 2. The average molecular weight is 278 g/mol. The van der Waals surface area contributed by atoms with Crippen LogP contribution in [0.25, 0.3) is 0 Å². The molecular formula is C15H22N2O3. The van der Waals surface area contributed by atoms with Crippen molar-refractivity contribution in [1.82, 2.24) is 10.2 Å². The molecule has 20 heavy (non-hydrogen) atoms. The largest absolute Gasteiger partial charge is 0.478 e. The van der Waals surface area contributed by atoms with Gasteiger partial charge in [-0.3, -0.25) is 4.79 Å². The molecule has 5 nitrogen and oxygen atoms in total. The predicted octanol–water partition coefficient (Wildman–Crippen LogP) is 1.24. The first-order valence-electron chi connectivity index (χ1n) is 6.68. The number of benzene rings is 1. The molecule has 0 bridgehead atoms. The molecule has 2 N–H and O–H groups in total. The summed E-state index contributed by atoms with van der Waals surface area (Å²) >= 11 is 0. The van der Waals surface area contributed by atoms with Crippen molar-refractivity contribution in [2.24, 2.45) is 5.92 Å². The molecule has 0 aliphatic carbocycles. The Morgan fingerprint density at radius 1 is 1.35 bits per heavy atom. The van der Waals surface area contributed by atoms with Crippen LogP contribution in [0.5, 0.6) is 0 Å². The molecular weight excluding hydrogens is 256 g/mol. The second-order valence-corrected chi connectivity index (χ2v) is 4.93. The molecule has 1 amide bonds. The predicted molar refractivity (Wildman–Crippen MR) is 77.8 cm³/mol. The molecule has 0 radical (unpaired) electrons. The third-order valence-electron chi connectivity index (χ3n) is 3.27. The zero-order valence-corrected chi connectivity index (χ0v) is 12.2. The third kappa shape index (κ3) is 4.35. The van der Waals surface area contributed by atoms with Gasteiger partial charge in [0.05, 0.1) is 5.56 Å². The lowest BCUT2D eigenvalue weighted by Gasteiger charge is -2.21. The number of nitrogens with zero attached hydrogens (tertiary/aromatic N) is 1. The molecule has 0 aliphatic rings. The summed E-state index contributed by atoms with van der Waals surface area (Å²) in [5, 5.41) is 12.1. The second kappa shape index (κ2) is 7.65. The van der Waals surface area contributed by atoms with Crippen molar-refractivity contribution in [2.45, 2.75) is 13.3 Å². The highest BCUT2D eigenvalue weighted by molar-refractivity contribution is 5.89. The van der Waals surface area contributed by atoms with Crippen molar-refractivity contribution in [1.29, 1.82) is 0 Å². The van der Waals surface area contributed by atoms with Gasteiger partial charge in [-0.25, -0.2) is 4.79 Å². The number of hydrogen-bond acceptors (Lipinski definition) is 3. The average Bonchev–Trinajstić information content (AvgIpc) is 2.44. The molecule has 0 aliphatic heterocycles. The van der Waals surface area contributed by atoms with E-state index < -0.39 is 5.97 Å². The highest BCUT2D eigenvalue weighted by Crippen LogP contribution is 2.10. The zero-order valence-electron chi connectivity index (χ0n) is 12.2. The number of aromatic carboxylic acids is 1. The van der Waals surface area contributed by atoms with Crippen molar-refractivity contribution >= 4 is 11.9 Å². The minimum absolute atomic E-state index is 0.0622. The van der Waals surface area contributed by atoms with Crippen LogP contribution in [-0.4, -0.2) is 49.1 Å². The van der Waals surface area contributed by atoms with E-state index in [1.165, 1.54) is 0 Å². The number of amides is 1. The minimum atomic E-state index is -0.932. The maximum Gasteiger partial charge on any atom is 0.335 e. The molecule has 0 fully saturated rings. The molecule has 1 aromatic rings. The number of nitrogens with one attached hydrogen (secondary N) is 1. The lowest BCUT2D eigenvalue weighted by Crippen LogP contribution is -2.37. The quantitative estimate of drug-likeness (QED) is 0.787. The molecule has 1 unspecified atom stereocenters. The van der Waals surface area contributed by atoms with E-state index >= 15 is 0 Å². The molecule has 1 atom stereocenters. The Balaban J connectivity index is 2.63. The number of hydrogen-bond donors (Lipinski definition) is 2. The van der Waals surface area contributed by atoms with Gasteiger partial charge in [-0.1, -0.05) is 25.1 Å². The maximum absolute atomic E-state index is 12.0. The first kappa shape index (κ1) is 16.2. The van der Waals surface area contributed by atoms with E-state index in [9.17, 15) is 9.59 Å². The number of carboxylic acid groups (broad SMARTS) is 1. The van der Waals surface area contributed by atoms with E-state index in [0.717, 1.165) is 5.56 Å². The Bertz CT molecular complexity index is 474. The molecule has 1 rings (SSSR count). The van der Waals surface area contributed by atoms with Gasteiger partial charge in [-0.15, -0.1) is 0 Å². The molecule has 0 saturated carbocycles. The number of likely N-dealkylation sites (N-methyl/N-ethyl adjacent to an activating group) is 1. The Labute approximate surface area is 119 Å². The van der Waals surface area contributed by atoms with Crippen LogP contribution in [0.2, 0.25) is 0 Å². The van der Waals surface area contributed by atoms with Crippen molar-refractivity contribution < 1.29 is 14.7 Å².